The van der Waals surface area contributed by atoms with E-state index in [-0.39, 0.29) is 6.61 Å². The summed E-state index contributed by atoms with van der Waals surface area (Å²) in [6, 6.07) is 7.86. The van der Waals surface area contributed by atoms with Crippen LogP contribution in [0.4, 0.5) is 5.69 Å². The molecule has 1 atom stereocenters. The number of hydrogen-bond acceptors (Lipinski definition) is 4. The first-order valence-corrected chi connectivity index (χ1v) is 6.45. The predicted octanol–water partition coefficient (Wildman–Crippen LogP) is 1.39. The molecule has 0 radical (unpaired) electrons. The number of ether oxygens (including phenoxy) is 2. The van der Waals surface area contributed by atoms with Gasteiger partial charge in [-0.3, -0.25) is 4.79 Å². The summed E-state index contributed by atoms with van der Waals surface area (Å²) in [6.07, 6.45) is 2.50. The van der Waals surface area contributed by atoms with E-state index in [4.69, 9.17) is 15.2 Å². The predicted molar refractivity (Wildman–Crippen MR) is 73.1 cm³/mol. The van der Waals surface area contributed by atoms with Crippen molar-refractivity contribution in [2.24, 2.45) is 11.7 Å². The molecule has 5 heteroatoms. The number of benzene rings is 1. The molecule has 1 aliphatic carbocycles. The zero-order valence-corrected chi connectivity index (χ0v) is 11.1. The Kier molecular flexibility index (Phi) is 4.63. The number of primary amides is 1. The van der Waals surface area contributed by atoms with Crippen molar-refractivity contribution in [2.45, 2.75) is 18.9 Å². The van der Waals surface area contributed by atoms with Gasteiger partial charge in [-0.15, -0.1) is 0 Å². The van der Waals surface area contributed by atoms with Gasteiger partial charge in [0.15, 0.2) is 6.61 Å². The van der Waals surface area contributed by atoms with E-state index < -0.39 is 5.91 Å². The molecule has 2 rings (SSSR count). The molecule has 0 aliphatic heterocycles. The van der Waals surface area contributed by atoms with E-state index in [1.54, 1.807) is 13.2 Å². The lowest BCUT2D eigenvalue weighted by Crippen LogP contribution is -2.27. The van der Waals surface area contributed by atoms with Crippen LogP contribution in [-0.4, -0.2) is 32.3 Å². The van der Waals surface area contributed by atoms with Crippen LogP contribution >= 0.6 is 0 Å². The molecular formula is C14H20N2O3. The number of nitrogens with two attached hydrogens (primary N) is 1. The molecule has 1 saturated carbocycles. The lowest BCUT2D eigenvalue weighted by Gasteiger charge is -2.19. The number of rotatable bonds is 8. The van der Waals surface area contributed by atoms with Gasteiger partial charge in [0.25, 0.3) is 5.91 Å². The van der Waals surface area contributed by atoms with Gasteiger partial charge >= 0.3 is 0 Å². The Morgan fingerprint density at radius 2 is 2.32 bits per heavy atom. The second-order valence-corrected chi connectivity index (χ2v) is 4.83. The van der Waals surface area contributed by atoms with Crippen LogP contribution in [0.2, 0.25) is 0 Å². The topological polar surface area (TPSA) is 73.6 Å². The minimum Gasteiger partial charge on any atom is -0.484 e. The number of anilines is 1. The summed E-state index contributed by atoms with van der Waals surface area (Å²) < 4.78 is 10.5. The maximum absolute atomic E-state index is 10.7. The highest BCUT2D eigenvalue weighted by Gasteiger charge is 2.31. The Balaban J connectivity index is 1.95. The maximum atomic E-state index is 10.7. The number of nitrogens with one attached hydrogen (secondary N) is 1. The van der Waals surface area contributed by atoms with Gasteiger partial charge in [0.05, 0.1) is 12.6 Å². The molecule has 3 N–H and O–H groups in total. The van der Waals surface area contributed by atoms with E-state index in [9.17, 15) is 4.79 Å². The standard InChI is InChI=1S/C14H20N2O3/c1-18-8-13(10-5-6-10)16-11-3-2-4-12(7-11)19-9-14(15)17/h2-4,7,10,13,16H,5-6,8-9H2,1H3,(H2,15,17). The lowest BCUT2D eigenvalue weighted by atomic mass is 10.2. The molecule has 19 heavy (non-hydrogen) atoms. The third kappa shape index (κ3) is 4.44. The van der Waals surface area contributed by atoms with Crippen molar-refractivity contribution in [3.63, 3.8) is 0 Å². The zero-order chi connectivity index (χ0) is 13.7. The van der Waals surface area contributed by atoms with Crippen molar-refractivity contribution >= 4 is 11.6 Å². The van der Waals surface area contributed by atoms with Crippen molar-refractivity contribution in [1.29, 1.82) is 0 Å². The summed E-state index contributed by atoms with van der Waals surface area (Å²) in [6.45, 7) is 0.588. The Hall–Kier alpha value is -1.75. The number of methoxy groups -OCH3 is 1. The monoisotopic (exact) mass is 264 g/mol. The molecule has 1 unspecified atom stereocenters. The molecule has 1 amide bonds. The molecule has 1 aromatic rings. The molecule has 0 spiro atoms. The summed E-state index contributed by atoms with van der Waals surface area (Å²) in [5, 5.41) is 3.45. The van der Waals surface area contributed by atoms with Gasteiger partial charge in [-0.25, -0.2) is 0 Å². The van der Waals surface area contributed by atoms with Crippen molar-refractivity contribution < 1.29 is 14.3 Å². The molecule has 1 aliphatic rings. The van der Waals surface area contributed by atoms with Crippen LogP contribution < -0.4 is 15.8 Å². The molecule has 104 valence electrons. The van der Waals surface area contributed by atoms with E-state index in [1.807, 2.05) is 18.2 Å². The molecule has 1 fully saturated rings. The fourth-order valence-corrected chi connectivity index (χ4v) is 2.02. The lowest BCUT2D eigenvalue weighted by molar-refractivity contribution is -0.119. The van der Waals surface area contributed by atoms with Crippen LogP contribution in [0.25, 0.3) is 0 Å². The molecular weight excluding hydrogens is 244 g/mol. The molecule has 0 aromatic heterocycles. The normalized spacial score (nSPS) is 15.8. The smallest absolute Gasteiger partial charge is 0.255 e. The van der Waals surface area contributed by atoms with Gasteiger partial charge in [-0.2, -0.15) is 0 Å². The van der Waals surface area contributed by atoms with Gasteiger partial charge in [0.1, 0.15) is 5.75 Å². The summed E-state index contributed by atoms with van der Waals surface area (Å²) in [5.74, 6) is 0.847. The molecule has 1 aromatic carbocycles. The molecule has 0 saturated heterocycles. The summed E-state index contributed by atoms with van der Waals surface area (Å²) in [7, 11) is 1.71. The SMILES string of the molecule is COCC(Nc1cccc(OCC(N)=O)c1)C1CC1. The van der Waals surface area contributed by atoms with Gasteiger partial charge in [0, 0.05) is 18.9 Å². The molecule has 5 nitrogen and oxygen atoms in total. The minimum absolute atomic E-state index is 0.104. The van der Waals surface area contributed by atoms with Gasteiger partial charge in [-0.1, -0.05) is 6.07 Å². The third-order valence-corrected chi connectivity index (χ3v) is 3.10. The Morgan fingerprint density at radius 3 is 2.95 bits per heavy atom. The largest absolute Gasteiger partial charge is 0.484 e. The quantitative estimate of drug-likeness (QED) is 0.744. The van der Waals surface area contributed by atoms with Crippen molar-refractivity contribution in [3.8, 4) is 5.75 Å². The summed E-state index contributed by atoms with van der Waals surface area (Å²) in [5.41, 5.74) is 6.02. The highest BCUT2D eigenvalue weighted by atomic mass is 16.5. The number of carbonyl (C=O) groups excluding carboxylic acids is 1. The van der Waals surface area contributed by atoms with Crippen LogP contribution in [0.1, 0.15) is 12.8 Å². The third-order valence-electron chi connectivity index (χ3n) is 3.10. The van der Waals surface area contributed by atoms with E-state index in [0.29, 0.717) is 24.3 Å². The van der Waals surface area contributed by atoms with Gasteiger partial charge < -0.3 is 20.5 Å². The van der Waals surface area contributed by atoms with E-state index >= 15 is 0 Å². The fourth-order valence-electron chi connectivity index (χ4n) is 2.02. The summed E-state index contributed by atoms with van der Waals surface area (Å²) in [4.78, 5) is 10.7. The minimum atomic E-state index is -0.478. The Bertz CT molecular complexity index is 432. The second-order valence-electron chi connectivity index (χ2n) is 4.83. The first-order chi connectivity index (χ1) is 9.19. The van der Waals surface area contributed by atoms with Crippen LogP contribution in [0.5, 0.6) is 5.75 Å². The molecule has 0 heterocycles. The second kappa shape index (κ2) is 6.43. The number of amides is 1. The number of hydrogen-bond donors (Lipinski definition) is 2. The van der Waals surface area contributed by atoms with Gasteiger partial charge in [-0.05, 0) is 30.9 Å². The van der Waals surface area contributed by atoms with E-state index in [2.05, 4.69) is 5.32 Å². The van der Waals surface area contributed by atoms with Crippen LogP contribution in [0, 0.1) is 5.92 Å². The fraction of sp³-hybridized carbons (Fsp3) is 0.500. The van der Waals surface area contributed by atoms with Crippen LogP contribution in [0.15, 0.2) is 24.3 Å². The van der Waals surface area contributed by atoms with Crippen molar-refractivity contribution in [3.05, 3.63) is 24.3 Å². The first kappa shape index (κ1) is 13.7. The first-order valence-electron chi connectivity index (χ1n) is 6.45. The summed E-state index contributed by atoms with van der Waals surface area (Å²) >= 11 is 0. The Morgan fingerprint density at radius 1 is 1.53 bits per heavy atom. The Labute approximate surface area is 113 Å². The van der Waals surface area contributed by atoms with E-state index in [1.165, 1.54) is 12.8 Å². The molecule has 0 bridgehead atoms. The number of carbonyl (C=O) groups is 1. The zero-order valence-electron chi connectivity index (χ0n) is 11.1. The average molecular weight is 264 g/mol. The average Bonchev–Trinajstić information content (AvgIpc) is 3.21. The van der Waals surface area contributed by atoms with Crippen LogP contribution in [0.3, 0.4) is 0 Å². The highest BCUT2D eigenvalue weighted by Crippen LogP contribution is 2.34. The van der Waals surface area contributed by atoms with Crippen molar-refractivity contribution in [2.75, 3.05) is 25.6 Å². The van der Waals surface area contributed by atoms with E-state index in [0.717, 1.165) is 5.69 Å². The maximum Gasteiger partial charge on any atom is 0.255 e. The van der Waals surface area contributed by atoms with Gasteiger partial charge in [0.2, 0.25) is 0 Å². The van der Waals surface area contributed by atoms with Crippen molar-refractivity contribution in [1.82, 2.24) is 0 Å². The van der Waals surface area contributed by atoms with Crippen LogP contribution in [-0.2, 0) is 9.53 Å². The highest BCUT2D eigenvalue weighted by molar-refractivity contribution is 5.75.